The Hall–Kier alpha value is -8.34. The van der Waals surface area contributed by atoms with Gasteiger partial charge in [-0.3, -0.25) is 53.1 Å². The maximum atomic E-state index is 14.7. The van der Waals surface area contributed by atoms with Gasteiger partial charge in [0.1, 0.15) is 42.3 Å². The second-order valence-electron chi connectivity index (χ2n) is 19.6. The summed E-state index contributed by atoms with van der Waals surface area (Å²) in [6, 6.07) is 7.18. The van der Waals surface area contributed by atoms with Crippen LogP contribution in [0.4, 0.5) is 0 Å². The van der Waals surface area contributed by atoms with Crippen LogP contribution in [0.25, 0.3) is 10.9 Å². The molecule has 20 N–H and O–H groups in total. The molecule has 440 valence electrons. The minimum Gasteiger partial charge on any atom is -0.370 e. The van der Waals surface area contributed by atoms with Crippen LogP contribution in [0, 0.1) is 0 Å². The molecule has 29 heteroatoms. The fraction of sp³-hybridized carbons (Fsp3) is 0.462. The summed E-state index contributed by atoms with van der Waals surface area (Å²) in [4.78, 5) is 140. The highest BCUT2D eigenvalue weighted by molar-refractivity contribution is 7.81. The minimum absolute atomic E-state index is 0.00876. The number of fused-ring (bicyclic) bond motifs is 1. The van der Waals surface area contributed by atoms with E-state index in [1.54, 1.807) is 50.4 Å². The predicted octanol–water partition coefficient (Wildman–Crippen LogP) is -2.54. The van der Waals surface area contributed by atoms with Gasteiger partial charge in [0, 0.05) is 91.7 Å². The van der Waals surface area contributed by atoms with Gasteiger partial charge in [-0.1, -0.05) is 48.5 Å². The van der Waals surface area contributed by atoms with Crippen molar-refractivity contribution in [3.8, 4) is 0 Å². The lowest BCUT2D eigenvalue weighted by Crippen LogP contribution is -2.60. The van der Waals surface area contributed by atoms with Crippen LogP contribution < -0.4 is 71.2 Å². The molecule has 0 radical (unpaired) electrons. The van der Waals surface area contributed by atoms with Crippen molar-refractivity contribution in [1.82, 2.24) is 57.5 Å². The maximum absolute atomic E-state index is 14.7. The van der Waals surface area contributed by atoms with Crippen LogP contribution in [0.3, 0.4) is 0 Å². The van der Waals surface area contributed by atoms with Crippen LogP contribution >= 0.6 is 25.3 Å². The number of nitrogens with zero attached hydrogens (tertiary/aromatic N) is 3. The van der Waals surface area contributed by atoms with E-state index in [0.29, 0.717) is 23.2 Å². The van der Waals surface area contributed by atoms with Gasteiger partial charge in [0.05, 0.1) is 6.33 Å². The first-order valence-electron chi connectivity index (χ1n) is 26.1. The first-order chi connectivity index (χ1) is 38.4. The van der Waals surface area contributed by atoms with E-state index in [9.17, 15) is 43.2 Å². The molecular weight excluding hydrogens is 1080 g/mol. The third kappa shape index (κ3) is 22.7. The molecule has 2 heterocycles. The minimum atomic E-state index is -1.40. The first kappa shape index (κ1) is 65.2. The summed E-state index contributed by atoms with van der Waals surface area (Å²) in [6.07, 6.45) is 4.81. The zero-order valence-electron chi connectivity index (χ0n) is 45.5. The number of aliphatic imine (C=N–C) groups is 2. The number of nitrogens with two attached hydrogens (primary N) is 5. The van der Waals surface area contributed by atoms with Crippen molar-refractivity contribution in [1.29, 1.82) is 0 Å². The van der Waals surface area contributed by atoms with Crippen LogP contribution in [0.2, 0.25) is 0 Å². The van der Waals surface area contributed by atoms with Crippen LogP contribution in [0.1, 0.15) is 76.1 Å². The van der Waals surface area contributed by atoms with Gasteiger partial charge in [0.2, 0.25) is 53.2 Å². The molecule has 0 unspecified atom stereocenters. The summed E-state index contributed by atoms with van der Waals surface area (Å²) in [5.41, 5.74) is 30.0. The smallest absolute Gasteiger partial charge is 0.244 e. The number of para-hydroxylation sites is 1. The van der Waals surface area contributed by atoms with Gasteiger partial charge in [-0.15, -0.1) is 0 Å². The number of hydrogen-bond donors (Lipinski definition) is 17. The second kappa shape index (κ2) is 32.7. The molecule has 0 aliphatic heterocycles. The van der Waals surface area contributed by atoms with Crippen LogP contribution in [-0.2, 0) is 62.4 Å². The molecule has 9 amide bonds. The number of primary amides is 1. The Morgan fingerprint density at radius 1 is 0.617 bits per heavy atom. The molecule has 0 fully saturated rings. The molecule has 4 aromatic rings. The van der Waals surface area contributed by atoms with Crippen molar-refractivity contribution in [3.05, 3.63) is 90.1 Å². The summed E-state index contributed by atoms with van der Waals surface area (Å²) in [5, 5.41) is 22.3. The van der Waals surface area contributed by atoms with Crippen LogP contribution in [0.5, 0.6) is 0 Å². The number of guanidine groups is 2. The van der Waals surface area contributed by atoms with Crippen molar-refractivity contribution in [2.24, 2.45) is 38.7 Å². The zero-order chi connectivity index (χ0) is 59.6. The van der Waals surface area contributed by atoms with Gasteiger partial charge in [-0.25, -0.2) is 4.98 Å². The SMILES string of the molecule is CC(=O)N[C@H](CCCN=C(N)N)C(=O)N[C@@H](CS)C(=O)N[C@@H](Cc1cnc[nH]1)C(=O)N[C@H](Cc1ccccc1)C(=O)N[C@@H](CCCN=C(N)N)C(=O)N[C@@H](Cc1c[nH]c2ccccc12)C(=O)NCCCC(=O)N[C@H](C(N)=O)C(C)(C)S. The molecule has 2 aromatic heterocycles. The van der Waals surface area contributed by atoms with Gasteiger partial charge in [0.25, 0.3) is 0 Å². The Balaban J connectivity index is 1.61. The molecule has 27 nitrogen and oxygen atoms in total. The summed E-state index contributed by atoms with van der Waals surface area (Å²) in [5.74, 6) is -6.95. The van der Waals surface area contributed by atoms with Crippen LogP contribution in [-0.4, -0.2) is 152 Å². The Kier molecular flexibility index (Phi) is 26.3. The molecule has 7 atom stereocenters. The van der Waals surface area contributed by atoms with Gasteiger partial charge in [-0.2, -0.15) is 25.3 Å². The van der Waals surface area contributed by atoms with Crippen molar-refractivity contribution in [2.45, 2.75) is 126 Å². The summed E-state index contributed by atoms with van der Waals surface area (Å²) < 4.78 is -0.951. The van der Waals surface area contributed by atoms with Crippen molar-refractivity contribution in [2.75, 3.05) is 25.4 Å². The largest absolute Gasteiger partial charge is 0.370 e. The van der Waals surface area contributed by atoms with Gasteiger partial charge >= 0.3 is 0 Å². The first-order valence-corrected chi connectivity index (χ1v) is 27.2. The van der Waals surface area contributed by atoms with Crippen molar-refractivity contribution < 1.29 is 43.2 Å². The standard InChI is InChI=1S/C52H76N18O9S2/c1-29(71)64-35(16-9-20-60-50(54)55)45(75)69-40(27-80)49(79)68-39(24-32-26-58-28-63-32)48(78)66-37(22-30-12-5-4-6-13-30)47(77)65-36(17-10-21-61-51(56)57)46(76)67-38(23-31-25-62-34-15-8-7-14-33(31)34)44(74)59-19-11-18-41(72)70-42(43(53)73)52(2,3)81/h4-8,12-15,25-26,28,35-40,42,62,80-81H,9-11,16-24,27H2,1-3H3,(H2,53,73)(H,58,63)(H,59,74)(H,64,71)(H,65,77)(H,66,78)(H,67,76)(H,68,79)(H,69,75)(H,70,72)(H4,54,55,60)(H4,56,57,61)/t35-,36+,37-,38+,39+,40+,42-/m1/s1. The van der Waals surface area contributed by atoms with Crippen molar-refractivity contribution >= 4 is 101 Å². The number of rotatable bonds is 34. The Morgan fingerprint density at radius 2 is 1.14 bits per heavy atom. The summed E-state index contributed by atoms with van der Waals surface area (Å²) in [6.45, 7) is 4.70. The lowest BCUT2D eigenvalue weighted by atomic mass is 10.0. The highest BCUT2D eigenvalue weighted by Gasteiger charge is 2.35. The molecule has 0 saturated carbocycles. The number of aromatic amines is 2. The number of aromatic nitrogens is 3. The second-order valence-corrected chi connectivity index (χ2v) is 21.1. The average Bonchev–Trinajstić information content (AvgIpc) is 4.12. The maximum Gasteiger partial charge on any atom is 0.244 e. The number of H-pyrrole nitrogens is 2. The van der Waals surface area contributed by atoms with E-state index in [-0.39, 0.29) is 88.7 Å². The topological polar surface area (TPSA) is 449 Å². The highest BCUT2D eigenvalue weighted by Crippen LogP contribution is 2.20. The van der Waals surface area contributed by atoms with E-state index in [1.807, 2.05) is 24.3 Å². The molecule has 81 heavy (non-hydrogen) atoms. The van der Waals surface area contributed by atoms with E-state index in [2.05, 4.69) is 92.7 Å². The predicted molar refractivity (Wildman–Crippen MR) is 312 cm³/mol. The third-order valence-electron chi connectivity index (χ3n) is 12.5. The number of thiol groups is 2. The van der Waals surface area contributed by atoms with E-state index in [0.717, 1.165) is 10.9 Å². The molecule has 0 spiro atoms. The normalized spacial score (nSPS) is 13.7. The Bertz CT molecular complexity index is 2820. The highest BCUT2D eigenvalue weighted by atomic mass is 32.1. The molecule has 0 aliphatic carbocycles. The third-order valence-corrected chi connectivity index (χ3v) is 13.1. The molecule has 0 saturated heterocycles. The number of nitrogens with one attached hydrogen (secondary N) is 10. The zero-order valence-corrected chi connectivity index (χ0v) is 47.2. The molecule has 0 aliphatic rings. The molecular formula is C52H76N18O9S2. The lowest BCUT2D eigenvalue weighted by Gasteiger charge is -2.28. The average molecular weight is 1160 g/mol. The fourth-order valence-electron chi connectivity index (χ4n) is 8.37. The van der Waals surface area contributed by atoms with Crippen LogP contribution in [0.15, 0.2) is 83.3 Å². The summed E-state index contributed by atoms with van der Waals surface area (Å²) >= 11 is 8.68. The number of carbonyl (C=O) groups is 9. The Labute approximate surface area is 479 Å². The van der Waals surface area contributed by atoms with E-state index in [1.165, 1.54) is 19.4 Å². The lowest BCUT2D eigenvalue weighted by molar-refractivity contribution is -0.135. The number of amides is 9. The molecule has 0 bridgehead atoms. The van der Waals surface area contributed by atoms with Crippen molar-refractivity contribution in [3.63, 3.8) is 0 Å². The van der Waals surface area contributed by atoms with E-state index < -0.39 is 100 Å². The van der Waals surface area contributed by atoms with E-state index in [4.69, 9.17) is 28.7 Å². The Morgan fingerprint density at radius 3 is 1.68 bits per heavy atom. The number of carbonyl (C=O) groups excluding carboxylic acids is 9. The van der Waals surface area contributed by atoms with Gasteiger partial charge in [-0.05, 0) is 63.1 Å². The number of imidazole rings is 1. The number of hydrogen-bond acceptors (Lipinski definition) is 14. The van der Waals surface area contributed by atoms with E-state index >= 15 is 0 Å². The number of benzene rings is 2. The van der Waals surface area contributed by atoms with Gasteiger partial charge < -0.3 is 81.2 Å². The quantitative estimate of drug-likeness (QED) is 0.00993. The molecule has 4 rings (SSSR count). The summed E-state index contributed by atoms with van der Waals surface area (Å²) in [7, 11) is 0. The molecule has 2 aromatic carbocycles. The van der Waals surface area contributed by atoms with Gasteiger partial charge in [0.15, 0.2) is 11.9 Å². The fourth-order valence-corrected chi connectivity index (χ4v) is 8.82. The monoisotopic (exact) mass is 1160 g/mol.